The number of ether oxygens (including phenoxy) is 1. The fraction of sp³-hybridized carbons (Fsp3) is 0.438. The van der Waals surface area contributed by atoms with Crippen LogP contribution in [0.25, 0.3) is 5.82 Å². The summed E-state index contributed by atoms with van der Waals surface area (Å²) in [5.74, 6) is -0.534. The molecule has 0 aromatic carbocycles. The van der Waals surface area contributed by atoms with E-state index in [0.29, 0.717) is 13.0 Å². The van der Waals surface area contributed by atoms with E-state index < -0.39 is 39.4 Å². The second kappa shape index (κ2) is 7.97. The Bertz CT molecular complexity index is 1020. The summed E-state index contributed by atoms with van der Waals surface area (Å²) in [5.41, 5.74) is 0.117. The van der Waals surface area contributed by atoms with Crippen LogP contribution in [0.3, 0.4) is 0 Å². The number of nitrogens with one attached hydrogen (secondary N) is 1. The van der Waals surface area contributed by atoms with Crippen LogP contribution in [0.4, 0.5) is 19.0 Å². The van der Waals surface area contributed by atoms with Crippen LogP contribution in [0.15, 0.2) is 23.2 Å². The number of aromatic nitrogens is 3. The number of sulfone groups is 1. The second-order valence-corrected chi connectivity index (χ2v) is 8.25. The first-order chi connectivity index (χ1) is 13.6. The minimum Gasteiger partial charge on any atom is -0.350 e. The lowest BCUT2D eigenvalue weighted by molar-refractivity contribution is -0.146. The largest absolute Gasteiger partial charge is 0.436 e. The lowest BCUT2D eigenvalue weighted by Gasteiger charge is -2.22. The zero-order chi connectivity index (χ0) is 21.2. The van der Waals surface area contributed by atoms with Crippen molar-refractivity contribution in [3.8, 4) is 11.9 Å². The number of nitrogens with zero attached hydrogens (tertiary/aromatic N) is 4. The Morgan fingerprint density at radius 2 is 2.14 bits per heavy atom. The maximum atomic E-state index is 13.3. The molecule has 0 amide bonds. The van der Waals surface area contributed by atoms with Crippen molar-refractivity contribution in [3.63, 3.8) is 0 Å². The van der Waals surface area contributed by atoms with Gasteiger partial charge in [-0.1, -0.05) is 0 Å². The van der Waals surface area contributed by atoms with E-state index in [2.05, 4.69) is 15.6 Å². The molecule has 1 fully saturated rings. The van der Waals surface area contributed by atoms with Gasteiger partial charge in [0, 0.05) is 25.5 Å². The predicted molar refractivity (Wildman–Crippen MR) is 92.5 cm³/mol. The summed E-state index contributed by atoms with van der Waals surface area (Å²) in [5, 5.41) is 12.7. The van der Waals surface area contributed by atoms with Gasteiger partial charge in [-0.05, 0) is 25.0 Å². The van der Waals surface area contributed by atoms with E-state index in [1.807, 2.05) is 0 Å². The Balaban J connectivity index is 2.02. The normalized spacial score (nSPS) is 17.7. The maximum Gasteiger partial charge on any atom is 0.436 e. The molecule has 1 aliphatic heterocycles. The number of rotatable bonds is 5. The Labute approximate surface area is 163 Å². The lowest BCUT2D eigenvalue weighted by atomic mass is 10.2. The van der Waals surface area contributed by atoms with Crippen LogP contribution < -0.4 is 5.48 Å². The molecule has 0 radical (unpaired) electrons. The first-order valence-corrected chi connectivity index (χ1v) is 10.3. The van der Waals surface area contributed by atoms with Crippen molar-refractivity contribution in [1.29, 1.82) is 5.26 Å². The number of anilines is 1. The van der Waals surface area contributed by atoms with Gasteiger partial charge in [0.15, 0.2) is 33.5 Å². The number of nitriles is 1. The van der Waals surface area contributed by atoms with Crippen molar-refractivity contribution in [2.75, 3.05) is 18.3 Å². The highest BCUT2D eigenvalue weighted by atomic mass is 32.2. The monoisotopic (exact) mass is 431 g/mol. The highest BCUT2D eigenvalue weighted by molar-refractivity contribution is 7.90. The molecule has 156 valence electrons. The molecule has 3 rings (SSSR count). The van der Waals surface area contributed by atoms with E-state index in [1.54, 1.807) is 0 Å². The lowest BCUT2D eigenvalue weighted by Crippen LogP contribution is -2.25. The van der Waals surface area contributed by atoms with E-state index in [9.17, 15) is 26.9 Å². The second-order valence-electron chi connectivity index (χ2n) is 6.23. The van der Waals surface area contributed by atoms with Gasteiger partial charge < -0.3 is 4.74 Å². The Morgan fingerprint density at radius 3 is 2.66 bits per heavy atom. The number of pyridine rings is 1. The van der Waals surface area contributed by atoms with Gasteiger partial charge in [-0.2, -0.15) is 28.2 Å². The summed E-state index contributed by atoms with van der Waals surface area (Å²) in [6.45, 7) is 0.443. The van der Waals surface area contributed by atoms with Crippen molar-refractivity contribution in [3.05, 3.63) is 29.6 Å². The summed E-state index contributed by atoms with van der Waals surface area (Å²) in [4.78, 5) is 9.04. The average molecular weight is 431 g/mol. The Hall–Kier alpha value is -2.69. The van der Waals surface area contributed by atoms with Crippen LogP contribution in [0, 0.1) is 11.3 Å². The zero-order valence-electron chi connectivity index (χ0n) is 15.1. The van der Waals surface area contributed by atoms with Gasteiger partial charge in [-0.25, -0.2) is 23.7 Å². The molecule has 29 heavy (non-hydrogen) atoms. The van der Waals surface area contributed by atoms with Crippen LogP contribution in [-0.2, 0) is 25.6 Å². The van der Waals surface area contributed by atoms with E-state index >= 15 is 0 Å². The standard InChI is InChI=1S/C16H16F3N5O4S/c1-29(25,26)10-5-6-12(21-9-10)24-15(23-28-13-4-2-3-7-27-13)11(8-20)14(22-24)16(17,18)19/h5-6,9,13,23H,2-4,7H2,1H3. The maximum absolute atomic E-state index is 13.3. The smallest absolute Gasteiger partial charge is 0.350 e. The number of hydrogen-bond acceptors (Lipinski definition) is 8. The van der Waals surface area contributed by atoms with E-state index in [0.717, 1.165) is 30.0 Å². The molecule has 0 aliphatic carbocycles. The molecule has 1 N–H and O–H groups in total. The molecule has 1 saturated heterocycles. The van der Waals surface area contributed by atoms with Gasteiger partial charge in [0.1, 0.15) is 11.6 Å². The third-order valence-electron chi connectivity index (χ3n) is 4.06. The highest BCUT2D eigenvalue weighted by Crippen LogP contribution is 2.35. The fourth-order valence-corrected chi connectivity index (χ4v) is 3.18. The molecule has 0 bridgehead atoms. The molecule has 1 atom stereocenters. The minimum atomic E-state index is -4.90. The zero-order valence-corrected chi connectivity index (χ0v) is 15.9. The quantitative estimate of drug-likeness (QED) is 0.717. The van der Waals surface area contributed by atoms with Crippen molar-refractivity contribution in [2.24, 2.45) is 0 Å². The van der Waals surface area contributed by atoms with Crippen LogP contribution in [0.2, 0.25) is 0 Å². The average Bonchev–Trinajstić information content (AvgIpc) is 3.05. The fourth-order valence-electron chi connectivity index (χ4n) is 2.63. The van der Waals surface area contributed by atoms with Crippen LogP contribution in [-0.4, -0.2) is 42.3 Å². The molecular weight excluding hydrogens is 415 g/mol. The van der Waals surface area contributed by atoms with Crippen molar-refractivity contribution < 1.29 is 31.2 Å². The molecule has 9 nitrogen and oxygen atoms in total. The molecule has 0 saturated carbocycles. The first kappa shape index (κ1) is 21.0. The highest BCUT2D eigenvalue weighted by Gasteiger charge is 2.40. The van der Waals surface area contributed by atoms with E-state index in [-0.39, 0.29) is 10.7 Å². The van der Waals surface area contributed by atoms with Gasteiger partial charge in [0.2, 0.25) is 0 Å². The molecule has 1 unspecified atom stereocenters. The SMILES string of the molecule is CS(=O)(=O)c1ccc(-n2nc(C(F)(F)F)c(C#N)c2NOC2CCCCO2)nc1. The number of alkyl halides is 3. The van der Waals surface area contributed by atoms with E-state index in [1.165, 1.54) is 18.2 Å². The summed E-state index contributed by atoms with van der Waals surface area (Å²) in [6, 6.07) is 3.82. The molecule has 2 aromatic rings. The third kappa shape index (κ3) is 4.66. The summed E-state index contributed by atoms with van der Waals surface area (Å²) in [6.07, 6.45) is -1.46. The summed E-state index contributed by atoms with van der Waals surface area (Å²) in [7, 11) is -3.55. The van der Waals surface area contributed by atoms with Gasteiger partial charge in [0.25, 0.3) is 0 Å². The van der Waals surface area contributed by atoms with Gasteiger partial charge in [-0.3, -0.25) is 0 Å². The molecule has 1 aliphatic rings. The molecule has 0 spiro atoms. The van der Waals surface area contributed by atoms with Gasteiger partial charge in [0.05, 0.1) is 4.90 Å². The van der Waals surface area contributed by atoms with Crippen molar-refractivity contribution in [1.82, 2.24) is 14.8 Å². The Morgan fingerprint density at radius 1 is 1.38 bits per heavy atom. The van der Waals surface area contributed by atoms with Crippen LogP contribution >= 0.6 is 0 Å². The van der Waals surface area contributed by atoms with Gasteiger partial charge >= 0.3 is 6.18 Å². The molecule has 2 aromatic heterocycles. The van der Waals surface area contributed by atoms with Crippen molar-refractivity contribution in [2.45, 2.75) is 36.6 Å². The van der Waals surface area contributed by atoms with Crippen molar-refractivity contribution >= 4 is 15.7 Å². The minimum absolute atomic E-state index is 0.119. The number of halogens is 3. The summed E-state index contributed by atoms with van der Waals surface area (Å²) >= 11 is 0. The van der Waals surface area contributed by atoms with Crippen LogP contribution in [0.1, 0.15) is 30.5 Å². The Kier molecular flexibility index (Phi) is 5.78. The predicted octanol–water partition coefficient (Wildman–Crippen LogP) is 2.43. The molecule has 13 heteroatoms. The third-order valence-corrected chi connectivity index (χ3v) is 5.15. The van der Waals surface area contributed by atoms with E-state index in [4.69, 9.17) is 9.57 Å². The topological polar surface area (TPSA) is 119 Å². The summed E-state index contributed by atoms with van der Waals surface area (Å²) < 4.78 is 69.2. The van der Waals surface area contributed by atoms with Crippen LogP contribution in [0.5, 0.6) is 0 Å². The molecular formula is C16H16F3N5O4S. The van der Waals surface area contributed by atoms with Gasteiger partial charge in [-0.15, -0.1) is 0 Å². The molecule has 3 heterocycles. The number of hydrogen-bond donors (Lipinski definition) is 1. The first-order valence-electron chi connectivity index (χ1n) is 8.41.